The van der Waals surface area contributed by atoms with E-state index in [4.69, 9.17) is 0 Å². The molecule has 0 saturated carbocycles. The average Bonchev–Trinajstić information content (AvgIpc) is 3.30. The Labute approximate surface area is 188 Å². The van der Waals surface area contributed by atoms with Gasteiger partial charge in [-0.05, 0) is 65.1 Å². The van der Waals surface area contributed by atoms with Crippen molar-refractivity contribution in [2.24, 2.45) is 0 Å². The number of carbonyl (C=O) groups excluding carboxylic acids is 1. The Morgan fingerprint density at radius 1 is 0.839 bits per heavy atom. The Balaban J connectivity index is 1.31. The van der Waals surface area contributed by atoms with Gasteiger partial charge < -0.3 is 4.90 Å². The highest BCUT2D eigenvalue weighted by Crippen LogP contribution is 2.38. The average molecular weight is 426 g/mol. The Morgan fingerprint density at radius 2 is 1.48 bits per heavy atom. The fraction of sp³-hybridized carbons (Fsp3) is 0.250. The highest BCUT2D eigenvalue weighted by atomic mass is 32.1. The van der Waals surface area contributed by atoms with Gasteiger partial charge in [-0.3, -0.25) is 4.79 Å². The minimum Gasteiger partial charge on any atom is -0.303 e. The van der Waals surface area contributed by atoms with Crippen LogP contribution in [0.4, 0.5) is 0 Å². The van der Waals surface area contributed by atoms with Crippen molar-refractivity contribution in [3.63, 3.8) is 0 Å². The molecule has 1 aliphatic carbocycles. The predicted octanol–water partition coefficient (Wildman–Crippen LogP) is 6.79. The van der Waals surface area contributed by atoms with Gasteiger partial charge in [-0.25, -0.2) is 0 Å². The van der Waals surface area contributed by atoms with Crippen molar-refractivity contribution in [3.8, 4) is 0 Å². The molecule has 2 nitrogen and oxygen atoms in total. The molecule has 0 bridgehead atoms. The van der Waals surface area contributed by atoms with E-state index in [-0.39, 0.29) is 5.78 Å². The SMILES string of the molecule is O=C(CCCN1CCC(=C2c3ccccc3C=Cc3ccccc32)CC1)c1cccs1. The Hall–Kier alpha value is -2.75. The number of piperidine rings is 1. The van der Waals surface area contributed by atoms with E-state index in [9.17, 15) is 4.79 Å². The van der Waals surface area contributed by atoms with Gasteiger partial charge in [0.2, 0.25) is 0 Å². The van der Waals surface area contributed by atoms with Crippen LogP contribution in [-0.2, 0) is 0 Å². The second-order valence-electron chi connectivity index (χ2n) is 8.33. The molecule has 1 fully saturated rings. The number of hydrogen-bond donors (Lipinski definition) is 0. The second-order valence-corrected chi connectivity index (χ2v) is 9.28. The van der Waals surface area contributed by atoms with Gasteiger partial charge in [0.05, 0.1) is 4.88 Å². The number of Topliss-reactive ketones (excluding diaryl/α,β-unsaturated/α-hetero) is 1. The van der Waals surface area contributed by atoms with Crippen LogP contribution in [0.15, 0.2) is 71.6 Å². The van der Waals surface area contributed by atoms with Gasteiger partial charge in [0.1, 0.15) is 0 Å². The quantitative estimate of drug-likeness (QED) is 0.328. The Morgan fingerprint density at radius 3 is 2.10 bits per heavy atom. The van der Waals surface area contributed by atoms with E-state index in [1.807, 2.05) is 17.5 Å². The molecule has 1 aromatic heterocycles. The molecule has 3 aromatic rings. The summed E-state index contributed by atoms with van der Waals surface area (Å²) in [5.74, 6) is 0.286. The van der Waals surface area contributed by atoms with Crippen LogP contribution in [-0.4, -0.2) is 30.3 Å². The summed E-state index contributed by atoms with van der Waals surface area (Å²) in [5.41, 5.74) is 8.31. The molecule has 0 spiro atoms. The van der Waals surface area contributed by atoms with Gasteiger partial charge in [0.15, 0.2) is 5.78 Å². The lowest BCUT2D eigenvalue weighted by molar-refractivity contribution is 0.0978. The molecule has 2 aromatic carbocycles. The number of thiophene rings is 1. The van der Waals surface area contributed by atoms with Crippen molar-refractivity contribution in [1.82, 2.24) is 4.90 Å². The number of likely N-dealkylation sites (tertiary alicyclic amines) is 1. The molecule has 1 aliphatic heterocycles. The monoisotopic (exact) mass is 425 g/mol. The minimum absolute atomic E-state index is 0.286. The molecule has 31 heavy (non-hydrogen) atoms. The zero-order valence-corrected chi connectivity index (χ0v) is 18.5. The van der Waals surface area contributed by atoms with Gasteiger partial charge in [-0.15, -0.1) is 11.3 Å². The largest absolute Gasteiger partial charge is 0.303 e. The smallest absolute Gasteiger partial charge is 0.172 e. The topological polar surface area (TPSA) is 20.3 Å². The molecule has 156 valence electrons. The third-order valence-electron chi connectivity index (χ3n) is 6.39. The number of hydrogen-bond acceptors (Lipinski definition) is 3. The number of ketones is 1. The summed E-state index contributed by atoms with van der Waals surface area (Å²) < 4.78 is 0. The van der Waals surface area contributed by atoms with Crippen LogP contribution in [0.2, 0.25) is 0 Å². The molecular formula is C28H27NOS. The van der Waals surface area contributed by atoms with Crippen molar-refractivity contribution in [2.45, 2.75) is 25.7 Å². The maximum Gasteiger partial charge on any atom is 0.172 e. The van der Waals surface area contributed by atoms with E-state index in [0.29, 0.717) is 6.42 Å². The third kappa shape index (κ3) is 4.34. The van der Waals surface area contributed by atoms with E-state index in [2.05, 4.69) is 65.6 Å². The maximum absolute atomic E-state index is 12.3. The summed E-state index contributed by atoms with van der Waals surface area (Å²) in [5, 5.41) is 1.98. The van der Waals surface area contributed by atoms with Gasteiger partial charge in [-0.2, -0.15) is 0 Å². The van der Waals surface area contributed by atoms with Crippen LogP contribution in [0, 0.1) is 0 Å². The first-order valence-electron chi connectivity index (χ1n) is 11.2. The summed E-state index contributed by atoms with van der Waals surface area (Å²) >= 11 is 1.55. The van der Waals surface area contributed by atoms with Crippen LogP contribution in [0.25, 0.3) is 17.7 Å². The summed E-state index contributed by atoms with van der Waals surface area (Å²) in [6.07, 6.45) is 8.28. The van der Waals surface area contributed by atoms with E-state index < -0.39 is 0 Å². The number of benzene rings is 2. The lowest BCUT2D eigenvalue weighted by Crippen LogP contribution is -2.32. The zero-order chi connectivity index (χ0) is 21.0. The van der Waals surface area contributed by atoms with Crippen molar-refractivity contribution < 1.29 is 4.79 Å². The number of rotatable bonds is 5. The van der Waals surface area contributed by atoms with Crippen molar-refractivity contribution >= 4 is 34.8 Å². The van der Waals surface area contributed by atoms with E-state index in [1.54, 1.807) is 16.9 Å². The number of fused-ring (bicyclic) bond motifs is 2. The summed E-state index contributed by atoms with van der Waals surface area (Å²) in [4.78, 5) is 15.7. The number of carbonyl (C=O) groups is 1. The van der Waals surface area contributed by atoms with E-state index in [0.717, 1.165) is 43.8 Å². The summed E-state index contributed by atoms with van der Waals surface area (Å²) in [6.45, 7) is 3.15. The molecule has 0 atom stereocenters. The Bertz CT molecular complexity index is 1080. The van der Waals surface area contributed by atoms with Gasteiger partial charge >= 0.3 is 0 Å². The van der Waals surface area contributed by atoms with Crippen LogP contribution in [0.5, 0.6) is 0 Å². The molecular weight excluding hydrogens is 398 g/mol. The predicted molar refractivity (Wildman–Crippen MR) is 131 cm³/mol. The van der Waals surface area contributed by atoms with Crippen molar-refractivity contribution in [3.05, 3.63) is 98.7 Å². The molecule has 0 radical (unpaired) electrons. The van der Waals surface area contributed by atoms with Crippen molar-refractivity contribution in [1.29, 1.82) is 0 Å². The molecule has 1 saturated heterocycles. The molecule has 2 heterocycles. The molecule has 0 unspecified atom stereocenters. The lowest BCUT2D eigenvalue weighted by Gasteiger charge is -2.30. The lowest BCUT2D eigenvalue weighted by atomic mass is 9.86. The fourth-order valence-electron chi connectivity index (χ4n) is 4.77. The van der Waals surface area contributed by atoms with Crippen LogP contribution in [0.3, 0.4) is 0 Å². The highest BCUT2D eigenvalue weighted by molar-refractivity contribution is 7.12. The van der Waals surface area contributed by atoms with Crippen LogP contribution < -0.4 is 0 Å². The van der Waals surface area contributed by atoms with Gasteiger partial charge in [-0.1, -0.05) is 72.3 Å². The normalized spacial score (nSPS) is 16.0. The second kappa shape index (κ2) is 9.17. The van der Waals surface area contributed by atoms with Crippen LogP contribution >= 0.6 is 11.3 Å². The van der Waals surface area contributed by atoms with E-state index >= 15 is 0 Å². The first-order chi connectivity index (χ1) is 15.3. The molecule has 0 N–H and O–H groups in total. The van der Waals surface area contributed by atoms with Gasteiger partial charge in [0, 0.05) is 19.5 Å². The first-order valence-corrected chi connectivity index (χ1v) is 12.1. The Kier molecular flexibility index (Phi) is 5.97. The first kappa shape index (κ1) is 20.2. The molecule has 3 heteroatoms. The third-order valence-corrected chi connectivity index (χ3v) is 7.30. The van der Waals surface area contributed by atoms with Gasteiger partial charge in [0.25, 0.3) is 0 Å². The van der Waals surface area contributed by atoms with E-state index in [1.165, 1.54) is 27.8 Å². The maximum atomic E-state index is 12.3. The fourth-order valence-corrected chi connectivity index (χ4v) is 5.46. The van der Waals surface area contributed by atoms with Crippen LogP contribution in [0.1, 0.15) is 57.6 Å². The zero-order valence-electron chi connectivity index (χ0n) is 17.7. The summed E-state index contributed by atoms with van der Waals surface area (Å²) in [7, 11) is 0. The summed E-state index contributed by atoms with van der Waals surface area (Å²) in [6, 6.07) is 21.4. The molecule has 0 amide bonds. The molecule has 5 rings (SSSR count). The molecule has 2 aliphatic rings. The minimum atomic E-state index is 0.286. The number of nitrogens with zero attached hydrogens (tertiary/aromatic N) is 1. The van der Waals surface area contributed by atoms with Crippen molar-refractivity contribution in [2.75, 3.05) is 19.6 Å². The highest BCUT2D eigenvalue weighted by Gasteiger charge is 2.22. The standard InChI is InChI=1S/C28H27NOS/c30-26(27-12-6-20-31-27)11-5-17-29-18-15-23(16-19-29)28-24-9-3-1-7-21(24)13-14-22-8-2-4-10-25(22)28/h1-4,6-10,12-14,20H,5,11,15-19H2.